The van der Waals surface area contributed by atoms with E-state index in [9.17, 15) is 9.59 Å². The summed E-state index contributed by atoms with van der Waals surface area (Å²) in [6.45, 7) is 3.04. The molecule has 1 unspecified atom stereocenters. The predicted molar refractivity (Wildman–Crippen MR) is 88.3 cm³/mol. The molecule has 1 atom stereocenters. The molecule has 0 amide bonds. The van der Waals surface area contributed by atoms with Crippen LogP contribution in [0.3, 0.4) is 0 Å². The summed E-state index contributed by atoms with van der Waals surface area (Å²) in [7, 11) is 0. The Balaban J connectivity index is 2.18. The number of ether oxygens (including phenoxy) is 2. The first-order chi connectivity index (χ1) is 11.1. The lowest BCUT2D eigenvalue weighted by molar-refractivity contribution is -0.143. The van der Waals surface area contributed by atoms with Crippen molar-refractivity contribution >= 4 is 11.9 Å². The van der Waals surface area contributed by atoms with Crippen LogP contribution in [0.5, 0.6) is 0 Å². The quantitative estimate of drug-likeness (QED) is 0.227. The van der Waals surface area contributed by atoms with Gasteiger partial charge in [-0.15, -0.1) is 0 Å². The molecule has 23 heavy (non-hydrogen) atoms. The Bertz CT molecular complexity index is 385. The van der Waals surface area contributed by atoms with Crippen LogP contribution >= 0.6 is 0 Å². The number of aliphatic carboxylic acids is 1. The third kappa shape index (κ3) is 10.9. The molecule has 0 spiro atoms. The summed E-state index contributed by atoms with van der Waals surface area (Å²) >= 11 is 0. The number of hydrogen-bond donors (Lipinski definition) is 1. The van der Waals surface area contributed by atoms with E-state index in [1.54, 1.807) is 6.08 Å². The maximum absolute atomic E-state index is 11.9. The van der Waals surface area contributed by atoms with Gasteiger partial charge in [0.1, 0.15) is 12.7 Å². The Morgan fingerprint density at radius 3 is 2.30 bits per heavy atom. The highest BCUT2D eigenvalue weighted by molar-refractivity contribution is 5.93. The molecule has 5 heteroatoms. The van der Waals surface area contributed by atoms with Crippen molar-refractivity contribution in [1.82, 2.24) is 0 Å². The van der Waals surface area contributed by atoms with Gasteiger partial charge in [-0.25, -0.2) is 4.79 Å². The molecule has 1 N–H and O–H groups in total. The third-order valence-electron chi connectivity index (χ3n) is 3.85. The van der Waals surface area contributed by atoms with Crippen molar-refractivity contribution in [3.63, 3.8) is 0 Å². The van der Waals surface area contributed by atoms with Crippen LogP contribution in [0, 0.1) is 0 Å². The molecule has 132 valence electrons. The average molecular weight is 326 g/mol. The zero-order valence-corrected chi connectivity index (χ0v) is 14.2. The molecule has 0 aromatic carbocycles. The van der Waals surface area contributed by atoms with Gasteiger partial charge in [-0.1, -0.05) is 57.9 Å². The highest BCUT2D eigenvalue weighted by Gasteiger charge is 2.25. The van der Waals surface area contributed by atoms with Crippen LogP contribution in [0.4, 0.5) is 0 Å². The van der Waals surface area contributed by atoms with Gasteiger partial charge in [0, 0.05) is 5.57 Å². The van der Waals surface area contributed by atoms with Crippen molar-refractivity contribution in [2.24, 2.45) is 0 Å². The van der Waals surface area contributed by atoms with Gasteiger partial charge in [-0.05, 0) is 12.8 Å². The van der Waals surface area contributed by atoms with Gasteiger partial charge in [-0.3, -0.25) is 4.79 Å². The molecule has 5 nitrogen and oxygen atoms in total. The van der Waals surface area contributed by atoms with Crippen LogP contribution in [0.15, 0.2) is 11.6 Å². The SMILES string of the molecule is CCCCCCCCCCC=C(CC(=O)O)C(=O)OCC1CO1. The molecule has 0 aromatic heterocycles. The molecule has 0 radical (unpaired) electrons. The van der Waals surface area contributed by atoms with Gasteiger partial charge in [0.25, 0.3) is 0 Å². The average Bonchev–Trinajstić information content (AvgIpc) is 3.33. The maximum atomic E-state index is 11.9. The zero-order chi connectivity index (χ0) is 16.9. The summed E-state index contributed by atoms with van der Waals surface area (Å²) in [5, 5.41) is 8.89. The number of esters is 1. The van der Waals surface area contributed by atoms with Gasteiger partial charge in [-0.2, -0.15) is 0 Å². The highest BCUT2D eigenvalue weighted by atomic mass is 16.6. The molecule has 0 aromatic rings. The Kier molecular flexibility index (Phi) is 10.4. The fourth-order valence-corrected chi connectivity index (χ4v) is 2.37. The van der Waals surface area contributed by atoms with E-state index in [-0.39, 0.29) is 24.7 Å². The summed E-state index contributed by atoms with van der Waals surface area (Å²) < 4.78 is 10.0. The molecule has 1 heterocycles. The molecule has 1 rings (SSSR count). The summed E-state index contributed by atoms with van der Waals surface area (Å²) in [5.41, 5.74) is 0.251. The Morgan fingerprint density at radius 2 is 1.74 bits per heavy atom. The summed E-state index contributed by atoms with van der Waals surface area (Å²) in [4.78, 5) is 22.7. The van der Waals surface area contributed by atoms with Gasteiger partial charge in [0.2, 0.25) is 0 Å². The predicted octanol–water partition coefficient (Wildman–Crippen LogP) is 3.86. The zero-order valence-electron chi connectivity index (χ0n) is 14.2. The van der Waals surface area contributed by atoms with Crippen molar-refractivity contribution in [2.75, 3.05) is 13.2 Å². The molecule has 0 bridgehead atoms. The fourth-order valence-electron chi connectivity index (χ4n) is 2.37. The van der Waals surface area contributed by atoms with Crippen LogP contribution in [0.2, 0.25) is 0 Å². The van der Waals surface area contributed by atoms with E-state index < -0.39 is 11.9 Å². The van der Waals surface area contributed by atoms with Crippen LogP contribution in [0.1, 0.15) is 71.1 Å². The Labute approximate surface area is 139 Å². The standard InChI is InChI=1S/C18H30O5/c1-2-3-4-5-6-7-8-9-10-11-15(12-17(19)20)18(21)23-14-16-13-22-16/h11,16H,2-10,12-14H2,1H3,(H,19,20). The molecule has 1 aliphatic heterocycles. The number of carboxylic acid groups (broad SMARTS) is 1. The number of rotatable bonds is 14. The summed E-state index contributed by atoms with van der Waals surface area (Å²) in [6.07, 6.45) is 11.9. The van der Waals surface area contributed by atoms with Crippen LogP contribution in [-0.4, -0.2) is 36.4 Å². The van der Waals surface area contributed by atoms with Crippen LogP contribution in [0.25, 0.3) is 0 Å². The lowest BCUT2D eigenvalue weighted by Crippen LogP contribution is -2.14. The Morgan fingerprint density at radius 1 is 1.13 bits per heavy atom. The minimum absolute atomic E-state index is 0.00210. The number of unbranched alkanes of at least 4 members (excludes halogenated alkanes) is 8. The maximum Gasteiger partial charge on any atom is 0.334 e. The van der Waals surface area contributed by atoms with Crippen molar-refractivity contribution < 1.29 is 24.2 Å². The largest absolute Gasteiger partial charge is 0.481 e. The van der Waals surface area contributed by atoms with E-state index in [1.807, 2.05) is 0 Å². The number of allylic oxidation sites excluding steroid dienone is 1. The number of epoxide rings is 1. The Hall–Kier alpha value is -1.36. The molecular weight excluding hydrogens is 296 g/mol. The normalized spacial score (nSPS) is 17.1. The summed E-state index contributed by atoms with van der Waals surface area (Å²) in [6, 6.07) is 0. The number of hydrogen-bond acceptors (Lipinski definition) is 4. The molecule has 1 fully saturated rings. The minimum Gasteiger partial charge on any atom is -0.481 e. The number of carbonyl (C=O) groups excluding carboxylic acids is 1. The third-order valence-corrected chi connectivity index (χ3v) is 3.85. The first kappa shape index (κ1) is 19.7. The van der Waals surface area contributed by atoms with Gasteiger partial charge in [0.15, 0.2) is 0 Å². The first-order valence-electron chi connectivity index (χ1n) is 8.83. The summed E-state index contributed by atoms with van der Waals surface area (Å²) in [5.74, 6) is -1.53. The molecule has 1 aliphatic rings. The lowest BCUT2D eigenvalue weighted by Gasteiger charge is -2.06. The molecule has 0 aliphatic carbocycles. The van der Waals surface area contributed by atoms with Crippen molar-refractivity contribution in [3.05, 3.63) is 11.6 Å². The molecule has 0 saturated carbocycles. The molecule has 1 saturated heterocycles. The smallest absolute Gasteiger partial charge is 0.334 e. The topological polar surface area (TPSA) is 76.1 Å². The molecular formula is C18H30O5. The highest BCUT2D eigenvalue weighted by Crippen LogP contribution is 2.14. The van der Waals surface area contributed by atoms with E-state index in [2.05, 4.69) is 6.92 Å². The van der Waals surface area contributed by atoms with E-state index in [4.69, 9.17) is 14.6 Å². The van der Waals surface area contributed by atoms with Crippen molar-refractivity contribution in [2.45, 2.75) is 77.2 Å². The van der Waals surface area contributed by atoms with Crippen LogP contribution in [-0.2, 0) is 19.1 Å². The number of carbonyl (C=O) groups is 2. The van der Waals surface area contributed by atoms with Crippen molar-refractivity contribution in [1.29, 1.82) is 0 Å². The van der Waals surface area contributed by atoms with Crippen LogP contribution < -0.4 is 0 Å². The van der Waals surface area contributed by atoms with Gasteiger partial charge >= 0.3 is 11.9 Å². The monoisotopic (exact) mass is 326 g/mol. The van der Waals surface area contributed by atoms with Gasteiger partial charge in [0.05, 0.1) is 13.0 Å². The lowest BCUT2D eigenvalue weighted by atomic mass is 10.1. The van der Waals surface area contributed by atoms with E-state index in [0.29, 0.717) is 6.61 Å². The fraction of sp³-hybridized carbons (Fsp3) is 0.778. The van der Waals surface area contributed by atoms with E-state index in [0.717, 1.165) is 19.3 Å². The van der Waals surface area contributed by atoms with Gasteiger partial charge < -0.3 is 14.6 Å². The number of carboxylic acids is 1. The van der Waals surface area contributed by atoms with E-state index >= 15 is 0 Å². The second-order valence-corrected chi connectivity index (χ2v) is 6.12. The second kappa shape index (κ2) is 12.1. The minimum atomic E-state index is -1.01. The van der Waals surface area contributed by atoms with E-state index in [1.165, 1.54) is 38.5 Å². The first-order valence-corrected chi connectivity index (χ1v) is 8.83. The second-order valence-electron chi connectivity index (χ2n) is 6.12. The van der Waals surface area contributed by atoms with Crippen molar-refractivity contribution in [3.8, 4) is 0 Å².